The quantitative estimate of drug-likeness (QED) is 0.389. The molecule has 0 bridgehead atoms. The molecule has 2 rings (SSSR count). The minimum atomic E-state index is -3.93. The molecule has 0 saturated heterocycles. The van der Waals surface area contributed by atoms with Gasteiger partial charge in [-0.3, -0.25) is 4.79 Å². The highest BCUT2D eigenvalue weighted by atomic mass is 32.2. The summed E-state index contributed by atoms with van der Waals surface area (Å²) >= 11 is 0. The molecule has 2 aromatic carbocycles. The van der Waals surface area contributed by atoms with E-state index in [0.717, 1.165) is 17.7 Å². The van der Waals surface area contributed by atoms with Crippen LogP contribution in [0, 0.1) is 5.21 Å². The van der Waals surface area contributed by atoms with Gasteiger partial charge in [0.15, 0.2) is 5.69 Å². The average molecular weight is 364 g/mol. The first kappa shape index (κ1) is 18.7. The normalized spacial score (nSPS) is 12.9. The number of hydrogen-bond acceptors (Lipinski definition) is 6. The summed E-state index contributed by atoms with van der Waals surface area (Å²) < 4.78 is 26.2. The molecule has 0 heterocycles. The van der Waals surface area contributed by atoms with Crippen molar-refractivity contribution in [2.45, 2.75) is 4.90 Å². The number of sulfonamides is 1. The van der Waals surface area contributed by atoms with E-state index < -0.39 is 27.7 Å². The van der Waals surface area contributed by atoms with Gasteiger partial charge >= 0.3 is 0 Å². The van der Waals surface area contributed by atoms with Gasteiger partial charge in [0.2, 0.25) is 10.0 Å². The topological polar surface area (TPSA) is 135 Å². The third kappa shape index (κ3) is 5.74. The molecule has 0 aliphatic rings. The Hall–Kier alpha value is -2.63. The van der Waals surface area contributed by atoms with Gasteiger partial charge in [0, 0.05) is 12.1 Å². The van der Waals surface area contributed by atoms with E-state index in [1.54, 1.807) is 12.1 Å². The monoisotopic (exact) mass is 364 g/mol. The second-order valence-electron chi connectivity index (χ2n) is 4.86. The Kier molecular flexibility index (Phi) is 6.33. The molecule has 132 valence electrons. The molecule has 0 radical (unpaired) electrons. The minimum Gasteiger partial charge on any atom is -0.595 e. The Morgan fingerprint density at radius 1 is 1.16 bits per heavy atom. The second kappa shape index (κ2) is 8.46. The lowest BCUT2D eigenvalue weighted by Crippen LogP contribution is -2.99. The fourth-order valence-corrected chi connectivity index (χ4v) is 2.76. The molecule has 0 aliphatic carbocycles. The van der Waals surface area contributed by atoms with Crippen molar-refractivity contribution < 1.29 is 23.6 Å². The van der Waals surface area contributed by atoms with Crippen molar-refractivity contribution in [2.75, 3.05) is 6.54 Å². The summed E-state index contributed by atoms with van der Waals surface area (Å²) in [6.45, 7) is -0.505. The van der Waals surface area contributed by atoms with Gasteiger partial charge in [0.1, 0.15) is 0 Å². The number of hydrogen-bond donors (Lipinski definition) is 4. The van der Waals surface area contributed by atoms with Gasteiger partial charge in [-0.05, 0) is 17.7 Å². The fraction of sp³-hybridized carbons (Fsp3) is 0.0667. The van der Waals surface area contributed by atoms with Crippen molar-refractivity contribution in [3.8, 4) is 0 Å². The Morgan fingerprint density at radius 3 is 2.40 bits per heavy atom. The average Bonchev–Trinajstić information content (AvgIpc) is 2.61. The first-order valence-corrected chi connectivity index (χ1v) is 8.57. The Morgan fingerprint density at radius 2 is 1.80 bits per heavy atom. The summed E-state index contributed by atoms with van der Waals surface area (Å²) in [5.74, 6) is -0.641. The van der Waals surface area contributed by atoms with Gasteiger partial charge in [0.05, 0.1) is 17.7 Å². The van der Waals surface area contributed by atoms with Crippen LogP contribution in [0.1, 0.15) is 5.56 Å². The number of carbonyl (C=O) groups excluding carboxylic acids is 1. The van der Waals surface area contributed by atoms with E-state index in [4.69, 9.17) is 5.21 Å². The zero-order chi connectivity index (χ0) is 18.3. The molecule has 1 amide bonds. The Balaban J connectivity index is 1.88. The number of nitrogens with one attached hydrogen (secondary N) is 3. The molecule has 0 spiro atoms. The molecule has 0 saturated carbocycles. The molecular weight excluding hydrogens is 348 g/mol. The third-order valence-corrected chi connectivity index (χ3v) is 4.45. The van der Waals surface area contributed by atoms with Gasteiger partial charge in [0.25, 0.3) is 5.91 Å². The van der Waals surface area contributed by atoms with Gasteiger partial charge in [-0.15, -0.1) is 0 Å². The maximum atomic E-state index is 12.0. The van der Waals surface area contributed by atoms with Crippen molar-refractivity contribution in [3.63, 3.8) is 0 Å². The Labute approximate surface area is 144 Å². The van der Waals surface area contributed by atoms with Crippen molar-refractivity contribution in [2.24, 2.45) is 5.10 Å². The predicted octanol–water partition coefficient (Wildman–Crippen LogP) is -0.481. The van der Waals surface area contributed by atoms with Gasteiger partial charge < -0.3 is 5.21 Å². The summed E-state index contributed by atoms with van der Waals surface area (Å²) in [6, 6.07) is 13.7. The zero-order valence-electron chi connectivity index (χ0n) is 12.9. The van der Waals surface area contributed by atoms with Gasteiger partial charge in [-0.25, -0.2) is 23.8 Å². The van der Waals surface area contributed by atoms with Crippen molar-refractivity contribution in [1.82, 2.24) is 10.1 Å². The standard InChI is InChI=1S/C15H16N4O5S/c20-15(18-16-10-12-4-2-1-3-5-12)11-17-25(23,24)14-8-6-13(7-9-14)19(21)22/h1-10,17,19,21H,11H2,(H,18,20)/b16-10+. The van der Waals surface area contributed by atoms with Crippen molar-refractivity contribution in [3.05, 3.63) is 65.4 Å². The Bertz CT molecular complexity index is 836. The van der Waals surface area contributed by atoms with E-state index >= 15 is 0 Å². The van der Waals surface area contributed by atoms with E-state index in [1.165, 1.54) is 18.3 Å². The van der Waals surface area contributed by atoms with Crippen LogP contribution in [0.5, 0.6) is 0 Å². The smallest absolute Gasteiger partial charge is 0.255 e. The lowest BCUT2D eigenvalue weighted by Gasteiger charge is -2.12. The second-order valence-corrected chi connectivity index (χ2v) is 6.62. The molecule has 0 aliphatic heterocycles. The molecule has 1 atom stereocenters. The highest BCUT2D eigenvalue weighted by Gasteiger charge is 2.16. The number of hydrazone groups is 1. The van der Waals surface area contributed by atoms with Crippen LogP contribution in [-0.4, -0.2) is 32.3 Å². The zero-order valence-corrected chi connectivity index (χ0v) is 13.7. The molecule has 0 fully saturated rings. The van der Waals surface area contributed by atoms with Crippen LogP contribution in [0.15, 0.2) is 64.6 Å². The first-order chi connectivity index (χ1) is 11.9. The molecule has 10 heteroatoms. The van der Waals surface area contributed by atoms with E-state index in [9.17, 15) is 18.4 Å². The van der Waals surface area contributed by atoms with Crippen LogP contribution >= 0.6 is 0 Å². The number of benzene rings is 2. The maximum absolute atomic E-state index is 12.0. The molecule has 1 unspecified atom stereocenters. The van der Waals surface area contributed by atoms with Crippen molar-refractivity contribution in [1.29, 1.82) is 0 Å². The number of nitrogens with zero attached hydrogens (tertiary/aromatic N) is 1. The molecular formula is C15H16N4O5S. The largest absolute Gasteiger partial charge is 0.595 e. The SMILES string of the molecule is O=C(CNS(=O)(=O)c1ccc([NH+]([O-])O)cc1)N/N=C/c1ccccc1. The van der Waals surface area contributed by atoms with Crippen LogP contribution < -0.4 is 15.4 Å². The van der Waals surface area contributed by atoms with Crippen molar-refractivity contribution >= 4 is 27.8 Å². The van der Waals surface area contributed by atoms with Crippen LogP contribution in [0.2, 0.25) is 0 Å². The highest BCUT2D eigenvalue weighted by molar-refractivity contribution is 7.89. The number of quaternary nitrogens is 1. The van der Waals surface area contributed by atoms with Gasteiger partial charge in [-0.2, -0.15) is 10.3 Å². The highest BCUT2D eigenvalue weighted by Crippen LogP contribution is 2.10. The predicted molar refractivity (Wildman–Crippen MR) is 89.6 cm³/mol. The summed E-state index contributed by atoms with van der Waals surface area (Å²) in [6.07, 6.45) is 1.43. The lowest BCUT2D eigenvalue weighted by atomic mass is 10.2. The number of carbonyl (C=O) groups is 1. The van der Waals surface area contributed by atoms with Crippen LogP contribution in [-0.2, 0) is 14.8 Å². The lowest BCUT2D eigenvalue weighted by molar-refractivity contribution is -0.991. The van der Waals surface area contributed by atoms with Crippen LogP contribution in [0.25, 0.3) is 0 Å². The first-order valence-electron chi connectivity index (χ1n) is 7.08. The maximum Gasteiger partial charge on any atom is 0.255 e. The molecule has 4 N–H and O–H groups in total. The third-order valence-electron chi connectivity index (χ3n) is 3.04. The molecule has 9 nitrogen and oxygen atoms in total. The summed E-state index contributed by atoms with van der Waals surface area (Å²) in [5, 5.41) is 22.1. The van der Waals surface area contributed by atoms with Crippen LogP contribution in [0.3, 0.4) is 0 Å². The molecule has 25 heavy (non-hydrogen) atoms. The van der Waals surface area contributed by atoms with Crippen LogP contribution in [0.4, 0.5) is 5.69 Å². The van der Waals surface area contributed by atoms with E-state index in [1.807, 2.05) is 18.2 Å². The molecule has 2 aromatic rings. The molecule has 0 aromatic heterocycles. The van der Waals surface area contributed by atoms with E-state index in [-0.39, 0.29) is 10.6 Å². The summed E-state index contributed by atoms with van der Waals surface area (Å²) in [4.78, 5) is 11.5. The fourth-order valence-electron chi connectivity index (χ4n) is 1.78. The number of rotatable bonds is 7. The van der Waals surface area contributed by atoms with E-state index in [0.29, 0.717) is 0 Å². The van der Waals surface area contributed by atoms with E-state index in [2.05, 4.69) is 15.2 Å². The number of amides is 1. The minimum absolute atomic E-state index is 0.0352. The summed E-state index contributed by atoms with van der Waals surface area (Å²) in [5.41, 5.74) is 2.95. The summed E-state index contributed by atoms with van der Waals surface area (Å²) in [7, 11) is -3.93. The van der Waals surface area contributed by atoms with Gasteiger partial charge in [-0.1, -0.05) is 30.3 Å².